The van der Waals surface area contributed by atoms with Gasteiger partial charge in [-0.05, 0) is 23.8 Å². The number of carbonyl (C=O) groups is 1. The first kappa shape index (κ1) is 22.8. The van der Waals surface area contributed by atoms with E-state index < -0.39 is 25.2 Å². The van der Waals surface area contributed by atoms with E-state index in [4.69, 9.17) is 11.5 Å². The van der Waals surface area contributed by atoms with Crippen molar-refractivity contribution in [1.29, 1.82) is 0 Å². The molecular weight excluding hydrogens is 439 g/mol. The molecule has 170 valence electrons. The van der Waals surface area contributed by atoms with Gasteiger partial charge in [-0.2, -0.15) is 27.1 Å². The molecule has 0 radical (unpaired) electrons. The van der Waals surface area contributed by atoms with Gasteiger partial charge in [-0.1, -0.05) is 12.1 Å². The highest BCUT2D eigenvalue weighted by Crippen LogP contribution is 2.28. The maximum Gasteiger partial charge on any atom is 0.422 e. The number of hydrogen-bond donors (Lipinski definition) is 3. The van der Waals surface area contributed by atoms with Crippen LogP contribution in [0.25, 0.3) is 11.1 Å². The number of pyridine rings is 1. The van der Waals surface area contributed by atoms with E-state index in [9.17, 15) is 26.7 Å². The van der Waals surface area contributed by atoms with Crippen LogP contribution < -0.4 is 21.5 Å². The molecule has 0 saturated heterocycles. The molecule has 0 aliphatic carbocycles. The Balaban J connectivity index is 1.69. The van der Waals surface area contributed by atoms with Crippen molar-refractivity contribution in [3.8, 4) is 16.9 Å². The molecule has 0 aliphatic rings. The molecular formula is C19H17F5N6O2. The highest BCUT2D eigenvalue weighted by Gasteiger charge is 2.28. The summed E-state index contributed by atoms with van der Waals surface area (Å²) < 4.78 is 67.1. The summed E-state index contributed by atoms with van der Waals surface area (Å²) >= 11 is 0. The number of nitrogens with one attached hydrogen (secondary N) is 1. The van der Waals surface area contributed by atoms with E-state index in [0.29, 0.717) is 10.2 Å². The van der Waals surface area contributed by atoms with Crippen LogP contribution in [0, 0.1) is 0 Å². The van der Waals surface area contributed by atoms with Crippen LogP contribution in [0.5, 0.6) is 5.75 Å². The van der Waals surface area contributed by atoms with Gasteiger partial charge in [0.15, 0.2) is 6.61 Å². The lowest BCUT2D eigenvalue weighted by Crippen LogP contribution is -2.24. The molecule has 3 aromatic rings. The summed E-state index contributed by atoms with van der Waals surface area (Å²) in [6, 6.07) is 6.96. The summed E-state index contributed by atoms with van der Waals surface area (Å²) in [7, 11) is 0. The van der Waals surface area contributed by atoms with Gasteiger partial charge >= 0.3 is 12.7 Å². The van der Waals surface area contributed by atoms with E-state index in [1.807, 2.05) is 0 Å². The molecule has 1 aromatic carbocycles. The summed E-state index contributed by atoms with van der Waals surface area (Å²) in [4.78, 5) is 16.5. The summed E-state index contributed by atoms with van der Waals surface area (Å²) in [5.74, 6) is -0.823. The highest BCUT2D eigenvalue weighted by molar-refractivity contribution is 6.00. The van der Waals surface area contributed by atoms with Crippen LogP contribution >= 0.6 is 0 Å². The van der Waals surface area contributed by atoms with Crippen molar-refractivity contribution < 1.29 is 31.5 Å². The lowest BCUT2D eigenvalue weighted by Gasteiger charge is -2.11. The van der Waals surface area contributed by atoms with Crippen LogP contribution in [-0.2, 0) is 6.54 Å². The fourth-order valence-electron chi connectivity index (χ4n) is 2.69. The summed E-state index contributed by atoms with van der Waals surface area (Å²) in [5, 5.41) is 6.11. The van der Waals surface area contributed by atoms with Crippen molar-refractivity contribution in [1.82, 2.24) is 20.1 Å². The Morgan fingerprint density at radius 1 is 1.16 bits per heavy atom. The second kappa shape index (κ2) is 9.08. The standard InChI is InChI=1S/C19H17F5N6O2/c20-18(21)30-8-11(7-28-30)13-5-14(16(26)29-15(13)25)17(31)27-6-10-1-3-12(4-2-10)32-9-19(22,23)24/h1-5,7-8,18H,6,9H2,(H,27,31)(H4,25,26,29). The molecule has 0 fully saturated rings. The molecule has 0 saturated carbocycles. The predicted octanol–water partition coefficient (Wildman–Crippen LogP) is 3.38. The number of rotatable bonds is 7. The maximum atomic E-state index is 12.8. The molecule has 0 aliphatic heterocycles. The first-order valence-electron chi connectivity index (χ1n) is 8.99. The van der Waals surface area contributed by atoms with Crippen LogP contribution in [0.3, 0.4) is 0 Å². The fourth-order valence-corrected chi connectivity index (χ4v) is 2.69. The zero-order valence-electron chi connectivity index (χ0n) is 16.2. The minimum Gasteiger partial charge on any atom is -0.484 e. The Morgan fingerprint density at radius 3 is 2.44 bits per heavy atom. The molecule has 13 heteroatoms. The SMILES string of the molecule is Nc1nc(N)c(-c2cnn(C(F)F)c2)cc1C(=O)NCc1ccc(OCC(F)(F)F)cc1. The summed E-state index contributed by atoms with van der Waals surface area (Å²) in [6.45, 7) is -4.23. The Bertz CT molecular complexity index is 1100. The Hall–Kier alpha value is -3.90. The van der Waals surface area contributed by atoms with E-state index in [1.165, 1.54) is 30.3 Å². The lowest BCUT2D eigenvalue weighted by molar-refractivity contribution is -0.153. The molecule has 8 nitrogen and oxygen atoms in total. The van der Waals surface area contributed by atoms with Crippen molar-refractivity contribution in [3.63, 3.8) is 0 Å². The van der Waals surface area contributed by atoms with Crippen molar-refractivity contribution in [2.24, 2.45) is 0 Å². The van der Waals surface area contributed by atoms with Crippen LogP contribution in [0.2, 0.25) is 0 Å². The summed E-state index contributed by atoms with van der Waals surface area (Å²) in [5.41, 5.74) is 12.5. The van der Waals surface area contributed by atoms with Crippen molar-refractivity contribution in [3.05, 3.63) is 53.9 Å². The number of nitrogen functional groups attached to an aromatic ring is 2. The van der Waals surface area contributed by atoms with Crippen LogP contribution in [0.1, 0.15) is 22.5 Å². The number of hydrogen-bond acceptors (Lipinski definition) is 6. The third-order valence-electron chi connectivity index (χ3n) is 4.22. The number of amides is 1. The van der Waals surface area contributed by atoms with Gasteiger partial charge in [0.2, 0.25) is 0 Å². The van der Waals surface area contributed by atoms with E-state index in [0.717, 1.165) is 12.4 Å². The molecule has 3 rings (SSSR count). The largest absolute Gasteiger partial charge is 0.484 e. The summed E-state index contributed by atoms with van der Waals surface area (Å²) in [6.07, 6.45) is -2.24. The number of ether oxygens (including phenoxy) is 1. The highest BCUT2D eigenvalue weighted by atomic mass is 19.4. The molecule has 0 spiro atoms. The van der Waals surface area contributed by atoms with Gasteiger partial charge in [0.25, 0.3) is 5.91 Å². The molecule has 2 heterocycles. The molecule has 1 amide bonds. The average Bonchev–Trinajstić information content (AvgIpc) is 3.21. The zero-order chi connectivity index (χ0) is 23.5. The zero-order valence-corrected chi connectivity index (χ0v) is 16.2. The Morgan fingerprint density at radius 2 is 1.84 bits per heavy atom. The molecule has 0 atom stereocenters. The van der Waals surface area contributed by atoms with Crippen molar-refractivity contribution >= 4 is 17.5 Å². The van der Waals surface area contributed by atoms with Crippen LogP contribution in [0.4, 0.5) is 33.6 Å². The Kier molecular flexibility index (Phi) is 6.46. The number of aromatic nitrogens is 3. The second-order valence-electron chi connectivity index (χ2n) is 6.57. The smallest absolute Gasteiger partial charge is 0.422 e. The number of nitrogens with zero attached hydrogens (tertiary/aromatic N) is 3. The second-order valence-corrected chi connectivity index (χ2v) is 6.57. The van der Waals surface area contributed by atoms with Gasteiger partial charge < -0.3 is 21.5 Å². The molecule has 0 unspecified atom stereocenters. The molecule has 5 N–H and O–H groups in total. The van der Waals surface area contributed by atoms with Crippen molar-refractivity contribution in [2.45, 2.75) is 19.3 Å². The first-order chi connectivity index (χ1) is 15.0. The van der Waals surface area contributed by atoms with Gasteiger partial charge in [-0.3, -0.25) is 4.79 Å². The van der Waals surface area contributed by atoms with Gasteiger partial charge in [0.05, 0.1) is 11.8 Å². The minimum atomic E-state index is -4.45. The van der Waals surface area contributed by atoms with Gasteiger partial charge in [-0.25, -0.2) is 9.67 Å². The number of alkyl halides is 5. The minimum absolute atomic E-state index is 0.0263. The predicted molar refractivity (Wildman–Crippen MR) is 105 cm³/mol. The number of benzene rings is 1. The van der Waals surface area contributed by atoms with Crippen LogP contribution in [0.15, 0.2) is 42.7 Å². The number of nitrogens with two attached hydrogens (primary N) is 2. The lowest BCUT2D eigenvalue weighted by atomic mass is 10.1. The molecule has 2 aromatic heterocycles. The quantitative estimate of drug-likeness (QED) is 0.469. The molecule has 32 heavy (non-hydrogen) atoms. The van der Waals surface area contributed by atoms with E-state index in [-0.39, 0.29) is 40.6 Å². The average molecular weight is 456 g/mol. The Labute approximate surface area is 178 Å². The topological polar surface area (TPSA) is 121 Å². The number of carbonyl (C=O) groups excluding carboxylic acids is 1. The third-order valence-corrected chi connectivity index (χ3v) is 4.22. The van der Waals surface area contributed by atoms with Crippen molar-refractivity contribution in [2.75, 3.05) is 18.1 Å². The van der Waals surface area contributed by atoms with Gasteiger partial charge in [0.1, 0.15) is 17.4 Å². The monoisotopic (exact) mass is 456 g/mol. The number of halogens is 5. The maximum absolute atomic E-state index is 12.8. The normalized spacial score (nSPS) is 11.6. The van der Waals surface area contributed by atoms with Gasteiger partial charge in [0, 0.05) is 23.9 Å². The van der Waals surface area contributed by atoms with E-state index >= 15 is 0 Å². The van der Waals surface area contributed by atoms with Crippen LogP contribution in [-0.4, -0.2) is 33.5 Å². The van der Waals surface area contributed by atoms with Gasteiger partial charge in [-0.15, -0.1) is 0 Å². The molecule has 0 bridgehead atoms. The fraction of sp³-hybridized carbons (Fsp3) is 0.211. The van der Waals surface area contributed by atoms with E-state index in [1.54, 1.807) is 0 Å². The first-order valence-corrected chi connectivity index (χ1v) is 8.99. The number of anilines is 2. The third kappa shape index (κ3) is 5.62. The van der Waals surface area contributed by atoms with E-state index in [2.05, 4.69) is 20.1 Å².